The van der Waals surface area contributed by atoms with E-state index in [1.807, 2.05) is 18.2 Å². The van der Waals surface area contributed by atoms with Crippen LogP contribution < -0.4 is 10.6 Å². The van der Waals surface area contributed by atoms with E-state index in [1.165, 1.54) is 6.92 Å². The van der Waals surface area contributed by atoms with Gasteiger partial charge in [0.25, 0.3) is 0 Å². The van der Waals surface area contributed by atoms with Crippen molar-refractivity contribution in [3.05, 3.63) is 29.8 Å². The topological polar surface area (TPSA) is 47.6 Å². The summed E-state index contributed by atoms with van der Waals surface area (Å²) in [7, 11) is 4.36. The molecule has 1 aliphatic rings. The minimum Gasteiger partial charge on any atom is -0.326 e. The molecule has 2 rings (SSSR count). The Morgan fingerprint density at radius 3 is 2.81 bits per heavy atom. The maximum Gasteiger partial charge on any atom is 0.221 e. The van der Waals surface area contributed by atoms with Crippen LogP contribution in [-0.2, 0) is 11.3 Å². The molecule has 0 spiro atoms. The van der Waals surface area contributed by atoms with Crippen molar-refractivity contribution in [2.45, 2.75) is 19.5 Å². The van der Waals surface area contributed by atoms with Gasteiger partial charge in [-0.1, -0.05) is 18.2 Å². The molecule has 0 aliphatic carbocycles. The maximum atomic E-state index is 11.2. The molecule has 21 heavy (non-hydrogen) atoms. The number of benzene rings is 1. The van der Waals surface area contributed by atoms with Crippen LogP contribution in [0.1, 0.15) is 12.5 Å². The highest BCUT2D eigenvalue weighted by Crippen LogP contribution is 2.14. The molecule has 0 bridgehead atoms. The van der Waals surface area contributed by atoms with Gasteiger partial charge in [0.1, 0.15) is 0 Å². The average molecular weight is 290 g/mol. The summed E-state index contributed by atoms with van der Waals surface area (Å²) in [6.07, 6.45) is 0. The van der Waals surface area contributed by atoms with E-state index in [9.17, 15) is 4.79 Å². The second kappa shape index (κ2) is 7.54. The highest BCUT2D eigenvalue weighted by atomic mass is 16.1. The van der Waals surface area contributed by atoms with Crippen molar-refractivity contribution in [3.63, 3.8) is 0 Å². The first-order valence-corrected chi connectivity index (χ1v) is 7.51. The zero-order valence-electron chi connectivity index (χ0n) is 13.2. The SMILES string of the molecule is CC(=O)Nc1ccccc1CNCC1CN(C)CCN1C. The summed E-state index contributed by atoms with van der Waals surface area (Å²) in [6.45, 7) is 6.61. The molecule has 1 aromatic rings. The van der Waals surface area contributed by atoms with Gasteiger partial charge in [-0.3, -0.25) is 9.69 Å². The molecule has 0 saturated carbocycles. The molecule has 5 heteroatoms. The van der Waals surface area contributed by atoms with Gasteiger partial charge in [-0.2, -0.15) is 0 Å². The molecule has 0 radical (unpaired) electrons. The lowest BCUT2D eigenvalue weighted by atomic mass is 10.1. The maximum absolute atomic E-state index is 11.2. The Hall–Kier alpha value is -1.43. The van der Waals surface area contributed by atoms with Crippen molar-refractivity contribution in [2.24, 2.45) is 0 Å². The van der Waals surface area contributed by atoms with Crippen molar-refractivity contribution in [2.75, 3.05) is 45.6 Å². The number of amides is 1. The van der Waals surface area contributed by atoms with Gasteiger partial charge in [0, 0.05) is 51.4 Å². The van der Waals surface area contributed by atoms with Crippen LogP contribution in [0.25, 0.3) is 0 Å². The zero-order valence-corrected chi connectivity index (χ0v) is 13.2. The minimum absolute atomic E-state index is 0.0314. The average Bonchev–Trinajstić information content (AvgIpc) is 2.44. The van der Waals surface area contributed by atoms with Gasteiger partial charge in [0.2, 0.25) is 5.91 Å². The van der Waals surface area contributed by atoms with Gasteiger partial charge < -0.3 is 15.5 Å². The van der Waals surface area contributed by atoms with E-state index in [-0.39, 0.29) is 5.91 Å². The molecule has 2 N–H and O–H groups in total. The lowest BCUT2D eigenvalue weighted by molar-refractivity contribution is -0.114. The summed E-state index contributed by atoms with van der Waals surface area (Å²) in [5.41, 5.74) is 2.02. The number of hydrogen-bond acceptors (Lipinski definition) is 4. The largest absolute Gasteiger partial charge is 0.326 e. The van der Waals surface area contributed by atoms with E-state index in [0.717, 1.165) is 44.0 Å². The molecule has 1 aliphatic heterocycles. The van der Waals surface area contributed by atoms with Crippen LogP contribution in [0.4, 0.5) is 5.69 Å². The Morgan fingerprint density at radius 2 is 2.05 bits per heavy atom. The Kier molecular flexibility index (Phi) is 5.73. The van der Waals surface area contributed by atoms with Gasteiger partial charge >= 0.3 is 0 Å². The second-order valence-corrected chi connectivity index (χ2v) is 5.87. The molecular weight excluding hydrogens is 264 g/mol. The molecule has 1 aromatic carbocycles. The lowest BCUT2D eigenvalue weighted by Gasteiger charge is -2.37. The third-order valence-electron chi connectivity index (χ3n) is 4.00. The van der Waals surface area contributed by atoms with Crippen molar-refractivity contribution in [3.8, 4) is 0 Å². The molecule has 5 nitrogen and oxygen atoms in total. The monoisotopic (exact) mass is 290 g/mol. The molecule has 0 aromatic heterocycles. The van der Waals surface area contributed by atoms with Gasteiger partial charge in [-0.25, -0.2) is 0 Å². The molecule has 116 valence electrons. The number of carbonyl (C=O) groups is 1. The van der Waals surface area contributed by atoms with E-state index in [1.54, 1.807) is 0 Å². The predicted molar refractivity (Wildman–Crippen MR) is 86.4 cm³/mol. The fraction of sp³-hybridized carbons (Fsp3) is 0.562. The number of rotatable bonds is 5. The first-order chi connectivity index (χ1) is 10.1. The van der Waals surface area contributed by atoms with E-state index >= 15 is 0 Å². The van der Waals surface area contributed by atoms with Crippen molar-refractivity contribution in [1.29, 1.82) is 0 Å². The smallest absolute Gasteiger partial charge is 0.221 e. The fourth-order valence-electron chi connectivity index (χ4n) is 2.68. The van der Waals surface area contributed by atoms with Crippen LogP contribution in [0.2, 0.25) is 0 Å². The predicted octanol–water partition coefficient (Wildman–Crippen LogP) is 0.980. The summed E-state index contributed by atoms with van der Waals surface area (Å²) >= 11 is 0. The molecule has 1 saturated heterocycles. The van der Waals surface area contributed by atoms with Crippen molar-refractivity contribution >= 4 is 11.6 Å². The van der Waals surface area contributed by atoms with Crippen LogP contribution in [0.15, 0.2) is 24.3 Å². The second-order valence-electron chi connectivity index (χ2n) is 5.87. The lowest BCUT2D eigenvalue weighted by Crippen LogP contribution is -2.53. The molecule has 1 amide bonds. The number of nitrogens with zero attached hydrogens (tertiary/aromatic N) is 2. The van der Waals surface area contributed by atoms with Crippen molar-refractivity contribution < 1.29 is 4.79 Å². The Labute approximate surface area is 127 Å². The number of para-hydroxylation sites is 1. The van der Waals surface area contributed by atoms with Gasteiger partial charge in [0.05, 0.1) is 0 Å². The van der Waals surface area contributed by atoms with E-state index in [4.69, 9.17) is 0 Å². The number of anilines is 1. The fourth-order valence-corrected chi connectivity index (χ4v) is 2.68. The van der Waals surface area contributed by atoms with E-state index < -0.39 is 0 Å². The summed E-state index contributed by atoms with van der Waals surface area (Å²) in [5, 5.41) is 6.40. The molecule has 1 fully saturated rings. The molecule has 1 heterocycles. The summed E-state index contributed by atoms with van der Waals surface area (Å²) < 4.78 is 0. The third-order valence-corrected chi connectivity index (χ3v) is 4.00. The quantitative estimate of drug-likeness (QED) is 0.849. The number of carbonyl (C=O) groups excluding carboxylic acids is 1. The Bertz CT molecular complexity index is 477. The normalized spacial score (nSPS) is 20.4. The van der Waals surface area contributed by atoms with Crippen LogP contribution in [0, 0.1) is 0 Å². The van der Waals surface area contributed by atoms with Gasteiger partial charge in [0.15, 0.2) is 0 Å². The number of likely N-dealkylation sites (N-methyl/N-ethyl adjacent to an activating group) is 2. The van der Waals surface area contributed by atoms with Gasteiger partial charge in [-0.15, -0.1) is 0 Å². The highest BCUT2D eigenvalue weighted by Gasteiger charge is 2.21. The van der Waals surface area contributed by atoms with Crippen LogP contribution in [-0.4, -0.2) is 62.0 Å². The first kappa shape index (κ1) is 15.9. The summed E-state index contributed by atoms with van der Waals surface area (Å²) in [6, 6.07) is 8.48. The standard InChI is InChI=1S/C16H26N4O/c1-13(21)18-16-7-5-4-6-14(16)10-17-11-15-12-19(2)8-9-20(15)3/h4-7,15,17H,8-12H2,1-3H3,(H,18,21). The summed E-state index contributed by atoms with van der Waals surface area (Å²) in [5.74, 6) is -0.0314. The van der Waals surface area contributed by atoms with Crippen LogP contribution >= 0.6 is 0 Å². The summed E-state index contributed by atoms with van der Waals surface area (Å²) in [4.78, 5) is 16.0. The Morgan fingerprint density at radius 1 is 1.29 bits per heavy atom. The third kappa shape index (κ3) is 4.81. The van der Waals surface area contributed by atoms with E-state index in [2.05, 4.69) is 40.6 Å². The number of nitrogens with one attached hydrogen (secondary N) is 2. The Balaban J connectivity index is 1.87. The van der Waals surface area contributed by atoms with Crippen molar-refractivity contribution in [1.82, 2.24) is 15.1 Å². The van der Waals surface area contributed by atoms with E-state index in [0.29, 0.717) is 6.04 Å². The molecule has 1 atom stereocenters. The first-order valence-electron chi connectivity index (χ1n) is 7.51. The number of piperazine rings is 1. The van der Waals surface area contributed by atoms with Gasteiger partial charge in [-0.05, 0) is 25.7 Å². The van der Waals surface area contributed by atoms with Crippen LogP contribution in [0.3, 0.4) is 0 Å². The zero-order chi connectivity index (χ0) is 15.2. The minimum atomic E-state index is -0.0314. The number of hydrogen-bond donors (Lipinski definition) is 2. The molecule has 1 unspecified atom stereocenters. The van der Waals surface area contributed by atoms with Crippen LogP contribution in [0.5, 0.6) is 0 Å². The highest BCUT2D eigenvalue weighted by molar-refractivity contribution is 5.89. The molecular formula is C16H26N4O.